The third-order valence-electron chi connectivity index (χ3n) is 4.63. The molecule has 0 saturated carbocycles. The van der Waals surface area contributed by atoms with Crippen LogP contribution in [0.15, 0.2) is 47.4 Å². The molecule has 0 aromatic heterocycles. The van der Waals surface area contributed by atoms with Gasteiger partial charge in [0.05, 0.1) is 11.4 Å². The molecule has 8 heteroatoms. The van der Waals surface area contributed by atoms with Crippen LogP contribution in [0.5, 0.6) is 0 Å². The predicted octanol–water partition coefficient (Wildman–Crippen LogP) is 2.98. The number of halogens is 1. The van der Waals surface area contributed by atoms with Gasteiger partial charge in [0, 0.05) is 36.5 Å². The first-order chi connectivity index (χ1) is 12.8. The lowest BCUT2D eigenvalue weighted by atomic mass is 10.1. The third kappa shape index (κ3) is 4.26. The number of sulfonamides is 1. The molecule has 144 valence electrons. The smallest absolute Gasteiger partial charge is 0.243 e. The van der Waals surface area contributed by atoms with E-state index in [0.29, 0.717) is 10.7 Å². The molecule has 1 aliphatic rings. The predicted molar refractivity (Wildman–Crippen MR) is 108 cm³/mol. The lowest BCUT2D eigenvalue weighted by Crippen LogP contribution is -2.35. The van der Waals surface area contributed by atoms with Crippen molar-refractivity contribution >= 4 is 38.9 Å². The summed E-state index contributed by atoms with van der Waals surface area (Å²) >= 11 is 5.80. The standard InChI is InChI=1S/C19H22ClN3O3S/c1-3-23-11-10-14-4-7-16(12-18(14)23)21-19(24)13-22(2)27(25,26)17-8-5-15(20)6-9-17/h4-9,12H,3,10-11,13H2,1-2H3,(H,21,24). The van der Waals surface area contributed by atoms with Crippen LogP contribution >= 0.6 is 11.6 Å². The molecule has 1 N–H and O–H groups in total. The monoisotopic (exact) mass is 407 g/mol. The molecule has 0 spiro atoms. The van der Waals surface area contributed by atoms with Gasteiger partial charge in [-0.1, -0.05) is 17.7 Å². The summed E-state index contributed by atoms with van der Waals surface area (Å²) in [4.78, 5) is 14.7. The van der Waals surface area contributed by atoms with Crippen molar-refractivity contribution in [2.75, 3.05) is 36.9 Å². The van der Waals surface area contributed by atoms with Crippen molar-refractivity contribution in [2.45, 2.75) is 18.2 Å². The van der Waals surface area contributed by atoms with Gasteiger partial charge in [-0.15, -0.1) is 0 Å². The van der Waals surface area contributed by atoms with Crippen LogP contribution in [0.2, 0.25) is 5.02 Å². The summed E-state index contributed by atoms with van der Waals surface area (Å²) in [5, 5.41) is 3.24. The van der Waals surface area contributed by atoms with Gasteiger partial charge in [-0.3, -0.25) is 4.79 Å². The second kappa shape index (κ2) is 7.88. The number of hydrogen-bond acceptors (Lipinski definition) is 4. The summed E-state index contributed by atoms with van der Waals surface area (Å²) in [6.45, 7) is 3.70. The molecule has 27 heavy (non-hydrogen) atoms. The minimum atomic E-state index is -3.76. The highest BCUT2D eigenvalue weighted by Crippen LogP contribution is 2.30. The van der Waals surface area contributed by atoms with Crippen LogP contribution in [0.25, 0.3) is 0 Å². The Bertz CT molecular complexity index is 945. The average molecular weight is 408 g/mol. The number of nitrogens with zero attached hydrogens (tertiary/aromatic N) is 2. The minimum Gasteiger partial charge on any atom is -0.371 e. The number of carbonyl (C=O) groups is 1. The van der Waals surface area contributed by atoms with E-state index in [-0.39, 0.29) is 11.4 Å². The molecule has 0 radical (unpaired) electrons. The molecule has 0 bridgehead atoms. The molecule has 0 atom stereocenters. The molecular weight excluding hydrogens is 386 g/mol. The Morgan fingerprint density at radius 3 is 2.59 bits per heavy atom. The first-order valence-corrected chi connectivity index (χ1v) is 10.5. The Labute approximate surface area is 164 Å². The SMILES string of the molecule is CCN1CCc2ccc(NC(=O)CN(C)S(=O)(=O)c3ccc(Cl)cc3)cc21. The quantitative estimate of drug-likeness (QED) is 0.799. The topological polar surface area (TPSA) is 69.7 Å². The highest BCUT2D eigenvalue weighted by molar-refractivity contribution is 7.89. The highest BCUT2D eigenvalue weighted by Gasteiger charge is 2.23. The average Bonchev–Trinajstić information content (AvgIpc) is 3.04. The molecule has 2 aromatic carbocycles. The molecular formula is C19H22ClN3O3S. The number of hydrogen-bond donors (Lipinski definition) is 1. The summed E-state index contributed by atoms with van der Waals surface area (Å²) in [5.41, 5.74) is 3.05. The molecule has 1 amide bonds. The lowest BCUT2D eigenvalue weighted by Gasteiger charge is -2.19. The van der Waals surface area contributed by atoms with Crippen molar-refractivity contribution < 1.29 is 13.2 Å². The Balaban J connectivity index is 1.68. The van der Waals surface area contributed by atoms with Crippen molar-refractivity contribution in [1.29, 1.82) is 0 Å². The van der Waals surface area contributed by atoms with E-state index in [1.165, 1.54) is 36.9 Å². The van der Waals surface area contributed by atoms with Crippen molar-refractivity contribution in [1.82, 2.24) is 4.31 Å². The normalized spacial score (nSPS) is 13.7. The summed E-state index contributed by atoms with van der Waals surface area (Å²) < 4.78 is 26.2. The van der Waals surface area contributed by atoms with E-state index >= 15 is 0 Å². The van der Waals surface area contributed by atoms with Crippen LogP contribution in [0.1, 0.15) is 12.5 Å². The third-order valence-corrected chi connectivity index (χ3v) is 6.70. The maximum absolute atomic E-state index is 12.6. The zero-order valence-electron chi connectivity index (χ0n) is 15.3. The number of carbonyl (C=O) groups excluding carboxylic acids is 1. The van der Waals surface area contributed by atoms with E-state index in [0.717, 1.165) is 29.5 Å². The van der Waals surface area contributed by atoms with E-state index in [1.807, 2.05) is 18.2 Å². The fourth-order valence-corrected chi connectivity index (χ4v) is 4.38. The number of likely N-dealkylation sites (N-methyl/N-ethyl adjacent to an activating group) is 2. The molecule has 1 aliphatic heterocycles. The molecule has 0 fully saturated rings. The molecule has 2 aromatic rings. The van der Waals surface area contributed by atoms with Gasteiger partial charge in [0.15, 0.2) is 0 Å². The minimum absolute atomic E-state index is 0.0957. The second-order valence-electron chi connectivity index (χ2n) is 6.44. The highest BCUT2D eigenvalue weighted by atomic mass is 35.5. The van der Waals surface area contributed by atoms with Crippen LogP contribution in [0.3, 0.4) is 0 Å². The molecule has 0 saturated heterocycles. The Morgan fingerprint density at radius 1 is 1.22 bits per heavy atom. The van der Waals surface area contributed by atoms with Gasteiger partial charge in [-0.25, -0.2) is 8.42 Å². The lowest BCUT2D eigenvalue weighted by molar-refractivity contribution is -0.116. The number of benzene rings is 2. The van der Waals surface area contributed by atoms with Crippen molar-refractivity contribution in [2.24, 2.45) is 0 Å². The van der Waals surface area contributed by atoms with Crippen molar-refractivity contribution in [3.63, 3.8) is 0 Å². The fraction of sp³-hybridized carbons (Fsp3) is 0.316. The zero-order valence-corrected chi connectivity index (χ0v) is 16.8. The van der Waals surface area contributed by atoms with Gasteiger partial charge < -0.3 is 10.2 Å². The number of rotatable bonds is 6. The van der Waals surface area contributed by atoms with Crippen molar-refractivity contribution in [3.05, 3.63) is 53.1 Å². The summed E-state index contributed by atoms with van der Waals surface area (Å²) in [7, 11) is -2.38. The van der Waals surface area contributed by atoms with E-state index in [4.69, 9.17) is 11.6 Å². The maximum Gasteiger partial charge on any atom is 0.243 e. The molecule has 3 rings (SSSR count). The summed E-state index contributed by atoms with van der Waals surface area (Å²) in [5.74, 6) is -0.393. The molecule has 0 aliphatic carbocycles. The Morgan fingerprint density at radius 2 is 1.93 bits per heavy atom. The van der Waals surface area contributed by atoms with Gasteiger partial charge in [-0.05, 0) is 55.3 Å². The largest absolute Gasteiger partial charge is 0.371 e. The van der Waals surface area contributed by atoms with Gasteiger partial charge in [0.1, 0.15) is 0 Å². The molecule has 1 heterocycles. The van der Waals surface area contributed by atoms with E-state index < -0.39 is 15.9 Å². The Kier molecular flexibility index (Phi) is 5.74. The number of nitrogens with one attached hydrogen (secondary N) is 1. The fourth-order valence-electron chi connectivity index (χ4n) is 3.13. The summed E-state index contributed by atoms with van der Waals surface area (Å²) in [6, 6.07) is 11.7. The second-order valence-corrected chi connectivity index (χ2v) is 8.92. The first kappa shape index (κ1) is 19.7. The molecule has 6 nitrogen and oxygen atoms in total. The van der Waals surface area contributed by atoms with Crippen LogP contribution in [-0.4, -0.2) is 45.3 Å². The van der Waals surface area contributed by atoms with E-state index in [2.05, 4.69) is 17.1 Å². The maximum atomic E-state index is 12.6. The van der Waals surface area contributed by atoms with Gasteiger partial charge >= 0.3 is 0 Å². The van der Waals surface area contributed by atoms with E-state index in [9.17, 15) is 13.2 Å². The summed E-state index contributed by atoms with van der Waals surface area (Å²) in [6.07, 6.45) is 0.999. The van der Waals surface area contributed by atoms with Gasteiger partial charge in [0.25, 0.3) is 0 Å². The van der Waals surface area contributed by atoms with Gasteiger partial charge in [-0.2, -0.15) is 4.31 Å². The van der Waals surface area contributed by atoms with Gasteiger partial charge in [0.2, 0.25) is 15.9 Å². The zero-order chi connectivity index (χ0) is 19.6. The number of anilines is 2. The Hall–Kier alpha value is -2.09. The number of amides is 1. The van der Waals surface area contributed by atoms with Crippen LogP contribution in [-0.2, 0) is 21.2 Å². The number of fused-ring (bicyclic) bond motifs is 1. The van der Waals surface area contributed by atoms with Crippen LogP contribution in [0, 0.1) is 0 Å². The molecule has 0 unspecified atom stereocenters. The van der Waals surface area contributed by atoms with E-state index in [1.54, 1.807) is 0 Å². The van der Waals surface area contributed by atoms with Crippen LogP contribution in [0.4, 0.5) is 11.4 Å². The van der Waals surface area contributed by atoms with Crippen LogP contribution < -0.4 is 10.2 Å². The first-order valence-electron chi connectivity index (χ1n) is 8.71. The van der Waals surface area contributed by atoms with Crippen molar-refractivity contribution in [3.8, 4) is 0 Å².